The van der Waals surface area contributed by atoms with Gasteiger partial charge in [-0.2, -0.15) is 0 Å². The molecule has 0 spiro atoms. The molecule has 106 valence electrons. The number of benzene rings is 1. The monoisotopic (exact) mass is 289 g/mol. The molecule has 5 nitrogen and oxygen atoms in total. The fourth-order valence-corrected chi connectivity index (χ4v) is 2.96. The van der Waals surface area contributed by atoms with Crippen LogP contribution in [0.4, 0.5) is 4.39 Å². The van der Waals surface area contributed by atoms with E-state index in [1.807, 2.05) is 0 Å². The zero-order valence-electron chi connectivity index (χ0n) is 10.5. The molecule has 7 heteroatoms. The van der Waals surface area contributed by atoms with E-state index in [4.69, 9.17) is 14.6 Å². The van der Waals surface area contributed by atoms with Crippen molar-refractivity contribution in [1.29, 1.82) is 0 Å². The third kappa shape index (κ3) is 3.50. The predicted octanol–water partition coefficient (Wildman–Crippen LogP) is 1.20. The highest BCUT2D eigenvalue weighted by Gasteiger charge is 2.41. The van der Waals surface area contributed by atoms with Gasteiger partial charge in [-0.15, -0.1) is 0 Å². The highest BCUT2D eigenvalue weighted by Crippen LogP contribution is 2.49. The van der Waals surface area contributed by atoms with Crippen LogP contribution in [0.15, 0.2) is 23.1 Å². The minimum absolute atomic E-state index is 0.00635. The summed E-state index contributed by atoms with van der Waals surface area (Å²) in [6.07, 6.45) is 0.760. The lowest BCUT2D eigenvalue weighted by Gasteiger charge is -2.08. The Labute approximate surface area is 111 Å². The van der Waals surface area contributed by atoms with Crippen molar-refractivity contribution < 1.29 is 22.3 Å². The number of ether oxygens (including phenoxy) is 2. The Kier molecular flexibility index (Phi) is 4.19. The summed E-state index contributed by atoms with van der Waals surface area (Å²) in [6.45, 7) is 0.646. The summed E-state index contributed by atoms with van der Waals surface area (Å²) in [5.41, 5.74) is 0.438. The number of rotatable bonds is 6. The van der Waals surface area contributed by atoms with Crippen molar-refractivity contribution in [3.8, 4) is 0 Å². The maximum atomic E-state index is 13.3. The lowest BCUT2D eigenvalue weighted by molar-refractivity contribution is -0.0348. The van der Waals surface area contributed by atoms with Crippen LogP contribution in [0.3, 0.4) is 0 Å². The van der Waals surface area contributed by atoms with Crippen LogP contribution in [0.1, 0.15) is 17.9 Å². The van der Waals surface area contributed by atoms with Crippen LogP contribution in [0.25, 0.3) is 0 Å². The standard InChI is InChI=1S/C12H16FNO4S/c1-17-7-18-6-8-4-10(8)11-5-9(13)2-3-12(11)19(14,15)16/h2-3,5,8,10H,4,6-7H2,1H3,(H2,14,15,16). The second-order valence-corrected chi connectivity index (χ2v) is 6.14. The van der Waals surface area contributed by atoms with Crippen LogP contribution in [0, 0.1) is 11.7 Å². The van der Waals surface area contributed by atoms with E-state index in [1.54, 1.807) is 0 Å². The van der Waals surface area contributed by atoms with Crippen LogP contribution < -0.4 is 5.14 Å². The Hall–Kier alpha value is -1.02. The fraction of sp³-hybridized carbons (Fsp3) is 0.500. The van der Waals surface area contributed by atoms with Crippen LogP contribution in [-0.4, -0.2) is 28.9 Å². The highest BCUT2D eigenvalue weighted by atomic mass is 32.2. The largest absolute Gasteiger partial charge is 0.359 e. The molecular formula is C12H16FNO4S. The van der Waals surface area contributed by atoms with Gasteiger partial charge < -0.3 is 9.47 Å². The molecule has 0 bridgehead atoms. The van der Waals surface area contributed by atoms with E-state index in [1.165, 1.54) is 19.2 Å². The number of methoxy groups -OCH3 is 1. The van der Waals surface area contributed by atoms with Crippen molar-refractivity contribution in [3.05, 3.63) is 29.6 Å². The second-order valence-electron chi connectivity index (χ2n) is 4.61. The number of halogens is 1. The van der Waals surface area contributed by atoms with Crippen molar-refractivity contribution in [3.63, 3.8) is 0 Å². The highest BCUT2D eigenvalue weighted by molar-refractivity contribution is 7.89. The lowest BCUT2D eigenvalue weighted by Crippen LogP contribution is -2.15. The fourth-order valence-electron chi connectivity index (χ4n) is 2.16. The van der Waals surface area contributed by atoms with Gasteiger partial charge in [-0.3, -0.25) is 0 Å². The van der Waals surface area contributed by atoms with Crippen LogP contribution in [0.5, 0.6) is 0 Å². The van der Waals surface area contributed by atoms with Gasteiger partial charge in [0.2, 0.25) is 10.0 Å². The molecule has 1 aliphatic rings. The van der Waals surface area contributed by atoms with Gasteiger partial charge in [0.15, 0.2) is 0 Å². The SMILES string of the molecule is COCOCC1CC1c1cc(F)ccc1S(N)(=O)=O. The molecule has 1 aromatic carbocycles. The maximum Gasteiger partial charge on any atom is 0.238 e. The molecule has 0 aromatic heterocycles. The van der Waals surface area contributed by atoms with E-state index < -0.39 is 15.8 Å². The molecule has 0 saturated heterocycles. The molecule has 2 N–H and O–H groups in total. The summed E-state index contributed by atoms with van der Waals surface area (Å²) in [7, 11) is -2.31. The molecule has 1 aliphatic carbocycles. The van der Waals surface area contributed by atoms with Gasteiger partial charge in [0.05, 0.1) is 11.5 Å². The molecule has 2 atom stereocenters. The van der Waals surface area contributed by atoms with Gasteiger partial charge in [0.25, 0.3) is 0 Å². The van der Waals surface area contributed by atoms with Crippen LogP contribution >= 0.6 is 0 Å². The molecular weight excluding hydrogens is 273 g/mol. The van der Waals surface area contributed by atoms with Crippen molar-refractivity contribution in [2.45, 2.75) is 17.2 Å². The van der Waals surface area contributed by atoms with Gasteiger partial charge in [0, 0.05) is 7.11 Å². The summed E-state index contributed by atoms with van der Waals surface area (Å²) < 4.78 is 46.2. The molecule has 1 aromatic rings. The first-order valence-corrected chi connectivity index (χ1v) is 7.37. The van der Waals surface area contributed by atoms with Gasteiger partial charge in [-0.25, -0.2) is 17.9 Å². The third-order valence-corrected chi connectivity index (χ3v) is 4.12. The Morgan fingerprint density at radius 3 is 2.84 bits per heavy atom. The normalized spacial score (nSPS) is 22.5. The van der Waals surface area contributed by atoms with Gasteiger partial charge >= 0.3 is 0 Å². The Balaban J connectivity index is 2.15. The molecule has 2 unspecified atom stereocenters. The molecule has 1 saturated carbocycles. The third-order valence-electron chi connectivity index (χ3n) is 3.13. The molecule has 0 radical (unpaired) electrons. The zero-order chi connectivity index (χ0) is 14.0. The first-order valence-electron chi connectivity index (χ1n) is 5.82. The maximum absolute atomic E-state index is 13.3. The topological polar surface area (TPSA) is 78.6 Å². The van der Waals surface area contributed by atoms with Gasteiger partial charge in [0.1, 0.15) is 12.6 Å². The lowest BCUT2D eigenvalue weighted by atomic mass is 10.1. The average Bonchev–Trinajstić information content (AvgIpc) is 3.07. The van der Waals surface area contributed by atoms with Crippen molar-refractivity contribution >= 4 is 10.0 Å². The quantitative estimate of drug-likeness (QED) is 0.630. The summed E-state index contributed by atoms with van der Waals surface area (Å²) in [6, 6.07) is 3.55. The Morgan fingerprint density at radius 2 is 2.21 bits per heavy atom. The van der Waals surface area contributed by atoms with Crippen LogP contribution in [-0.2, 0) is 19.5 Å². The van der Waals surface area contributed by atoms with Crippen molar-refractivity contribution in [1.82, 2.24) is 0 Å². The first-order chi connectivity index (χ1) is 8.93. The smallest absolute Gasteiger partial charge is 0.238 e. The zero-order valence-corrected chi connectivity index (χ0v) is 11.3. The minimum atomic E-state index is -3.84. The van der Waals surface area contributed by atoms with E-state index in [-0.39, 0.29) is 23.5 Å². The summed E-state index contributed by atoms with van der Waals surface area (Å²) in [5, 5.41) is 5.14. The van der Waals surface area contributed by atoms with E-state index in [2.05, 4.69) is 0 Å². The molecule has 19 heavy (non-hydrogen) atoms. The van der Waals surface area contributed by atoms with E-state index in [0.717, 1.165) is 12.5 Å². The number of sulfonamides is 1. The number of nitrogens with two attached hydrogens (primary N) is 1. The van der Waals surface area contributed by atoms with E-state index >= 15 is 0 Å². The van der Waals surface area contributed by atoms with Gasteiger partial charge in [-0.1, -0.05) is 0 Å². The van der Waals surface area contributed by atoms with E-state index in [9.17, 15) is 12.8 Å². The van der Waals surface area contributed by atoms with Gasteiger partial charge in [-0.05, 0) is 42.0 Å². The second kappa shape index (κ2) is 5.54. The van der Waals surface area contributed by atoms with E-state index in [0.29, 0.717) is 12.2 Å². The van der Waals surface area contributed by atoms with Crippen molar-refractivity contribution in [2.75, 3.05) is 20.5 Å². The Bertz CT molecular complexity index is 561. The average molecular weight is 289 g/mol. The molecule has 0 aliphatic heterocycles. The molecule has 0 heterocycles. The van der Waals surface area contributed by atoms with Crippen molar-refractivity contribution in [2.24, 2.45) is 11.1 Å². The summed E-state index contributed by atoms with van der Waals surface area (Å²) in [5.74, 6) is -0.316. The number of hydrogen-bond donors (Lipinski definition) is 1. The number of primary sulfonamides is 1. The number of hydrogen-bond acceptors (Lipinski definition) is 4. The summed E-state index contributed by atoms with van der Waals surface area (Å²) in [4.78, 5) is -0.00635. The Morgan fingerprint density at radius 1 is 1.47 bits per heavy atom. The molecule has 1 fully saturated rings. The molecule has 2 rings (SSSR count). The van der Waals surface area contributed by atoms with Crippen LogP contribution in [0.2, 0.25) is 0 Å². The first kappa shape index (κ1) is 14.4. The summed E-state index contributed by atoms with van der Waals surface area (Å²) >= 11 is 0. The minimum Gasteiger partial charge on any atom is -0.359 e. The molecule has 0 amide bonds. The predicted molar refractivity (Wildman–Crippen MR) is 66.4 cm³/mol.